The van der Waals surface area contributed by atoms with Crippen molar-refractivity contribution in [1.29, 1.82) is 0 Å². The molecule has 2 rings (SSSR count). The van der Waals surface area contributed by atoms with E-state index in [1.165, 1.54) is 25.7 Å². The van der Waals surface area contributed by atoms with Crippen LogP contribution in [0.15, 0.2) is 0 Å². The van der Waals surface area contributed by atoms with Crippen molar-refractivity contribution in [3.8, 4) is 0 Å². The molecule has 0 bridgehead atoms. The lowest BCUT2D eigenvalue weighted by Gasteiger charge is -2.28. The molecule has 1 nitrogen and oxygen atoms in total. The van der Waals surface area contributed by atoms with E-state index in [0.29, 0.717) is 0 Å². The zero-order valence-electron chi connectivity index (χ0n) is 6.42. The van der Waals surface area contributed by atoms with Gasteiger partial charge in [-0.2, -0.15) is 0 Å². The monoisotopic (exact) mass is 140 g/mol. The Hall–Kier alpha value is -0.0400. The fourth-order valence-corrected chi connectivity index (χ4v) is 2.68. The van der Waals surface area contributed by atoms with Gasteiger partial charge in [-0.05, 0) is 31.1 Å². The van der Waals surface area contributed by atoms with Crippen LogP contribution in [-0.2, 0) is 0 Å². The third-order valence-electron chi connectivity index (χ3n) is 3.26. The summed E-state index contributed by atoms with van der Waals surface area (Å²) in [6, 6.07) is 0. The number of hydrogen-bond donors (Lipinski definition) is 1. The molecule has 58 valence electrons. The van der Waals surface area contributed by atoms with E-state index in [-0.39, 0.29) is 6.10 Å². The first-order valence-electron chi connectivity index (χ1n) is 4.54. The Labute approximate surface area is 62.4 Å². The molecule has 0 unspecified atom stereocenters. The first-order chi connectivity index (χ1) is 4.86. The summed E-state index contributed by atoms with van der Waals surface area (Å²) in [5.41, 5.74) is 0. The molecule has 10 heavy (non-hydrogen) atoms. The number of rotatable bonds is 0. The highest BCUT2D eigenvalue weighted by Gasteiger charge is 2.32. The van der Waals surface area contributed by atoms with Gasteiger partial charge in [-0.3, -0.25) is 0 Å². The summed E-state index contributed by atoms with van der Waals surface area (Å²) >= 11 is 0. The van der Waals surface area contributed by atoms with Crippen molar-refractivity contribution in [2.45, 2.75) is 44.6 Å². The van der Waals surface area contributed by atoms with Gasteiger partial charge in [0, 0.05) is 0 Å². The number of aliphatic hydroxyl groups is 1. The maximum Gasteiger partial charge on any atom is 0.0543 e. The standard InChI is InChI=1S/C9H16O/c10-9-5-4-7-2-1-3-8(7)6-9/h7-10H,1-6H2/t7-,8-,9-/m1/s1. The zero-order valence-corrected chi connectivity index (χ0v) is 6.42. The van der Waals surface area contributed by atoms with Crippen LogP contribution >= 0.6 is 0 Å². The molecule has 1 heteroatoms. The van der Waals surface area contributed by atoms with E-state index in [0.717, 1.165) is 24.7 Å². The SMILES string of the molecule is O[C@@H]1CC[C@H]2CCC[C@@H]2C1. The lowest BCUT2D eigenvalue weighted by Crippen LogP contribution is -2.23. The molecule has 0 aromatic carbocycles. The number of fused-ring (bicyclic) bond motifs is 1. The maximum atomic E-state index is 9.36. The van der Waals surface area contributed by atoms with Gasteiger partial charge in [-0.25, -0.2) is 0 Å². The molecule has 0 saturated heterocycles. The van der Waals surface area contributed by atoms with Crippen LogP contribution in [0.3, 0.4) is 0 Å². The first kappa shape index (κ1) is 6.66. The van der Waals surface area contributed by atoms with Crippen molar-refractivity contribution in [1.82, 2.24) is 0 Å². The highest BCUT2D eigenvalue weighted by atomic mass is 16.3. The predicted molar refractivity (Wildman–Crippen MR) is 40.7 cm³/mol. The molecule has 0 aromatic rings. The third kappa shape index (κ3) is 1.07. The fourth-order valence-electron chi connectivity index (χ4n) is 2.68. The van der Waals surface area contributed by atoms with Crippen molar-refractivity contribution in [2.75, 3.05) is 0 Å². The Kier molecular flexibility index (Phi) is 1.69. The molecular weight excluding hydrogens is 124 g/mol. The van der Waals surface area contributed by atoms with Gasteiger partial charge in [0.2, 0.25) is 0 Å². The molecular formula is C9H16O. The molecule has 0 spiro atoms. The third-order valence-corrected chi connectivity index (χ3v) is 3.26. The minimum absolute atomic E-state index is 0.0411. The topological polar surface area (TPSA) is 20.2 Å². The van der Waals surface area contributed by atoms with Crippen LogP contribution in [0.2, 0.25) is 0 Å². The lowest BCUT2D eigenvalue weighted by molar-refractivity contribution is 0.0806. The zero-order chi connectivity index (χ0) is 6.97. The average molecular weight is 140 g/mol. The van der Waals surface area contributed by atoms with Gasteiger partial charge in [-0.15, -0.1) is 0 Å². The van der Waals surface area contributed by atoms with E-state index >= 15 is 0 Å². The van der Waals surface area contributed by atoms with Crippen LogP contribution in [0, 0.1) is 11.8 Å². The Bertz CT molecular complexity index is 122. The molecule has 2 saturated carbocycles. The Morgan fingerprint density at radius 1 is 0.900 bits per heavy atom. The van der Waals surface area contributed by atoms with Crippen molar-refractivity contribution < 1.29 is 5.11 Å². The predicted octanol–water partition coefficient (Wildman–Crippen LogP) is 1.95. The van der Waals surface area contributed by atoms with E-state index in [1.54, 1.807) is 0 Å². The van der Waals surface area contributed by atoms with E-state index in [9.17, 15) is 5.11 Å². The largest absolute Gasteiger partial charge is 0.393 e. The summed E-state index contributed by atoms with van der Waals surface area (Å²) in [5, 5.41) is 9.36. The second-order valence-corrected chi connectivity index (χ2v) is 3.92. The maximum absolute atomic E-state index is 9.36. The molecule has 3 atom stereocenters. The summed E-state index contributed by atoms with van der Waals surface area (Å²) in [5.74, 6) is 1.88. The number of aliphatic hydroxyl groups excluding tert-OH is 1. The highest BCUT2D eigenvalue weighted by molar-refractivity contribution is 4.84. The quantitative estimate of drug-likeness (QED) is 0.545. The van der Waals surface area contributed by atoms with Crippen LogP contribution in [-0.4, -0.2) is 11.2 Å². The Morgan fingerprint density at radius 2 is 1.70 bits per heavy atom. The van der Waals surface area contributed by atoms with Crippen LogP contribution in [0.25, 0.3) is 0 Å². The van der Waals surface area contributed by atoms with E-state index in [4.69, 9.17) is 0 Å². The molecule has 0 aromatic heterocycles. The molecule has 0 radical (unpaired) electrons. The molecule has 1 N–H and O–H groups in total. The van der Waals surface area contributed by atoms with Gasteiger partial charge in [0.15, 0.2) is 0 Å². The summed E-state index contributed by atoms with van der Waals surface area (Å²) in [6.07, 6.45) is 7.76. The minimum atomic E-state index is 0.0411. The van der Waals surface area contributed by atoms with Gasteiger partial charge < -0.3 is 5.11 Å². The normalized spacial score (nSPS) is 47.1. The van der Waals surface area contributed by atoms with E-state index in [1.807, 2.05) is 0 Å². The second-order valence-electron chi connectivity index (χ2n) is 3.92. The molecule has 2 fully saturated rings. The van der Waals surface area contributed by atoms with E-state index in [2.05, 4.69) is 0 Å². The second kappa shape index (κ2) is 2.54. The Morgan fingerprint density at radius 3 is 2.60 bits per heavy atom. The summed E-state index contributed by atoms with van der Waals surface area (Å²) in [4.78, 5) is 0. The molecule has 2 aliphatic carbocycles. The smallest absolute Gasteiger partial charge is 0.0543 e. The molecule has 2 aliphatic rings. The van der Waals surface area contributed by atoms with Gasteiger partial charge >= 0.3 is 0 Å². The Balaban J connectivity index is 1.96. The van der Waals surface area contributed by atoms with Crippen molar-refractivity contribution >= 4 is 0 Å². The van der Waals surface area contributed by atoms with Crippen LogP contribution < -0.4 is 0 Å². The molecule has 0 heterocycles. The molecule has 0 aliphatic heterocycles. The van der Waals surface area contributed by atoms with Gasteiger partial charge in [0.05, 0.1) is 6.10 Å². The van der Waals surface area contributed by atoms with Crippen molar-refractivity contribution in [2.24, 2.45) is 11.8 Å². The fraction of sp³-hybridized carbons (Fsp3) is 1.00. The molecule has 0 amide bonds. The minimum Gasteiger partial charge on any atom is -0.393 e. The van der Waals surface area contributed by atoms with Crippen LogP contribution in [0.1, 0.15) is 38.5 Å². The number of hydrogen-bond acceptors (Lipinski definition) is 1. The van der Waals surface area contributed by atoms with Crippen LogP contribution in [0.4, 0.5) is 0 Å². The first-order valence-corrected chi connectivity index (χ1v) is 4.54. The van der Waals surface area contributed by atoms with Gasteiger partial charge in [0.1, 0.15) is 0 Å². The average Bonchev–Trinajstić information content (AvgIpc) is 2.33. The lowest BCUT2D eigenvalue weighted by atomic mass is 9.80. The highest BCUT2D eigenvalue weighted by Crippen LogP contribution is 2.41. The summed E-state index contributed by atoms with van der Waals surface area (Å²) < 4.78 is 0. The van der Waals surface area contributed by atoms with Gasteiger partial charge in [0.25, 0.3) is 0 Å². The summed E-state index contributed by atoms with van der Waals surface area (Å²) in [7, 11) is 0. The van der Waals surface area contributed by atoms with E-state index < -0.39 is 0 Å². The van der Waals surface area contributed by atoms with Crippen LogP contribution in [0.5, 0.6) is 0 Å². The van der Waals surface area contributed by atoms with Crippen molar-refractivity contribution in [3.63, 3.8) is 0 Å². The summed E-state index contributed by atoms with van der Waals surface area (Å²) in [6.45, 7) is 0. The van der Waals surface area contributed by atoms with Gasteiger partial charge in [-0.1, -0.05) is 19.3 Å². The van der Waals surface area contributed by atoms with Crippen molar-refractivity contribution in [3.05, 3.63) is 0 Å².